The highest BCUT2D eigenvalue weighted by atomic mass is 19.1. The van der Waals surface area contributed by atoms with Crippen molar-refractivity contribution in [3.05, 3.63) is 23.6 Å². The van der Waals surface area contributed by atoms with Crippen molar-refractivity contribution < 1.29 is 14.3 Å². The Labute approximate surface area is 106 Å². The molecule has 0 aliphatic rings. The molecule has 0 bridgehead atoms. The average molecular weight is 254 g/mol. The first-order valence-corrected chi connectivity index (χ1v) is 5.88. The monoisotopic (exact) mass is 254 g/mol. The van der Waals surface area contributed by atoms with Crippen LogP contribution in [0.3, 0.4) is 0 Å². The van der Waals surface area contributed by atoms with E-state index in [9.17, 15) is 9.18 Å². The number of aliphatic hydroxyl groups is 1. The summed E-state index contributed by atoms with van der Waals surface area (Å²) in [5, 5.41) is 8.90. The molecule has 1 aromatic rings. The van der Waals surface area contributed by atoms with Gasteiger partial charge in [0.15, 0.2) is 11.6 Å². The molecule has 0 unspecified atom stereocenters. The minimum atomic E-state index is -0.597. The Kier molecular flexibility index (Phi) is 4.40. The van der Waals surface area contributed by atoms with Gasteiger partial charge in [-0.1, -0.05) is 20.8 Å². The van der Waals surface area contributed by atoms with E-state index in [1.807, 2.05) is 0 Å². The Morgan fingerprint density at radius 3 is 2.50 bits per heavy atom. The molecule has 18 heavy (non-hydrogen) atoms. The first-order valence-electron chi connectivity index (χ1n) is 5.88. The van der Waals surface area contributed by atoms with Gasteiger partial charge in [0.2, 0.25) is 5.91 Å². The number of pyridine rings is 1. The molecule has 1 aromatic heterocycles. The van der Waals surface area contributed by atoms with E-state index >= 15 is 0 Å². The van der Waals surface area contributed by atoms with E-state index in [-0.39, 0.29) is 18.3 Å². The third kappa shape index (κ3) is 3.04. The summed E-state index contributed by atoms with van der Waals surface area (Å²) in [6, 6.07) is 1.20. The van der Waals surface area contributed by atoms with Crippen molar-refractivity contribution in [1.29, 1.82) is 0 Å². The largest absolute Gasteiger partial charge is 0.392 e. The van der Waals surface area contributed by atoms with Gasteiger partial charge >= 0.3 is 0 Å². The highest BCUT2D eigenvalue weighted by Crippen LogP contribution is 2.24. The number of aliphatic hydroxyl groups excluding tert-OH is 1. The molecule has 0 aliphatic carbocycles. The summed E-state index contributed by atoms with van der Waals surface area (Å²) in [6.07, 6.45) is 1.37. The fourth-order valence-corrected chi connectivity index (χ4v) is 1.55. The molecule has 0 aromatic carbocycles. The van der Waals surface area contributed by atoms with Gasteiger partial charge in [-0.25, -0.2) is 9.37 Å². The lowest BCUT2D eigenvalue weighted by atomic mass is 9.94. The van der Waals surface area contributed by atoms with Gasteiger partial charge in [-0.05, 0) is 18.6 Å². The molecule has 0 radical (unpaired) electrons. The molecule has 0 aliphatic heterocycles. The van der Waals surface area contributed by atoms with Crippen LogP contribution in [0.4, 0.5) is 10.2 Å². The van der Waals surface area contributed by atoms with Crippen LogP contribution in [0, 0.1) is 11.2 Å². The molecule has 1 heterocycles. The molecule has 4 nitrogen and oxygen atoms in total. The summed E-state index contributed by atoms with van der Waals surface area (Å²) < 4.78 is 13.9. The molecular weight excluding hydrogens is 235 g/mol. The molecule has 0 atom stereocenters. The van der Waals surface area contributed by atoms with E-state index in [0.717, 1.165) is 0 Å². The van der Waals surface area contributed by atoms with Crippen molar-refractivity contribution in [3.8, 4) is 0 Å². The molecule has 0 spiro atoms. The summed E-state index contributed by atoms with van der Waals surface area (Å²) in [6.45, 7) is 7.17. The minimum absolute atomic E-state index is 0.00891. The number of nitrogens with zero attached hydrogens (tertiary/aromatic N) is 2. The summed E-state index contributed by atoms with van der Waals surface area (Å²) >= 11 is 0. The van der Waals surface area contributed by atoms with Crippen LogP contribution >= 0.6 is 0 Å². The highest BCUT2D eigenvalue weighted by molar-refractivity contribution is 5.96. The van der Waals surface area contributed by atoms with E-state index in [1.54, 1.807) is 27.7 Å². The van der Waals surface area contributed by atoms with Gasteiger partial charge in [0.05, 0.1) is 6.61 Å². The SMILES string of the molecule is CCN(C(=O)C(C)(C)C)c1ncc(CO)cc1F. The predicted octanol–water partition coefficient (Wildman–Crippen LogP) is 2.11. The lowest BCUT2D eigenvalue weighted by Gasteiger charge is -2.27. The van der Waals surface area contributed by atoms with Gasteiger partial charge in [0.25, 0.3) is 0 Å². The van der Waals surface area contributed by atoms with Gasteiger partial charge in [0, 0.05) is 18.2 Å². The Bertz CT molecular complexity index is 441. The van der Waals surface area contributed by atoms with Crippen LogP contribution in [0.15, 0.2) is 12.3 Å². The van der Waals surface area contributed by atoms with Crippen LogP contribution < -0.4 is 4.90 Å². The number of anilines is 1. The summed E-state index contributed by atoms with van der Waals surface area (Å²) in [5.74, 6) is -0.774. The van der Waals surface area contributed by atoms with Gasteiger partial charge in [-0.2, -0.15) is 0 Å². The van der Waals surface area contributed by atoms with E-state index in [0.29, 0.717) is 12.1 Å². The Morgan fingerprint density at radius 1 is 1.50 bits per heavy atom. The summed E-state index contributed by atoms with van der Waals surface area (Å²) in [7, 11) is 0. The molecule has 0 saturated carbocycles. The Hall–Kier alpha value is -1.49. The molecule has 0 fully saturated rings. The zero-order valence-electron chi connectivity index (χ0n) is 11.2. The van der Waals surface area contributed by atoms with Crippen molar-refractivity contribution in [2.45, 2.75) is 34.3 Å². The van der Waals surface area contributed by atoms with Crippen LogP contribution in [-0.4, -0.2) is 22.5 Å². The lowest BCUT2D eigenvalue weighted by Crippen LogP contribution is -2.40. The van der Waals surface area contributed by atoms with Gasteiger partial charge in [0.1, 0.15) is 0 Å². The first-order chi connectivity index (χ1) is 8.31. The third-order valence-electron chi connectivity index (χ3n) is 2.52. The number of amides is 1. The normalized spacial score (nSPS) is 11.4. The van der Waals surface area contributed by atoms with Gasteiger partial charge in [-0.3, -0.25) is 9.69 Å². The number of rotatable bonds is 3. The number of halogens is 1. The first kappa shape index (κ1) is 14.6. The maximum absolute atomic E-state index is 13.9. The minimum Gasteiger partial charge on any atom is -0.392 e. The van der Waals surface area contributed by atoms with Crippen LogP contribution in [0.1, 0.15) is 33.3 Å². The highest BCUT2D eigenvalue weighted by Gasteiger charge is 2.29. The maximum Gasteiger partial charge on any atom is 0.233 e. The van der Waals surface area contributed by atoms with E-state index in [2.05, 4.69) is 4.98 Å². The number of hydrogen-bond donors (Lipinski definition) is 1. The van der Waals surface area contributed by atoms with E-state index < -0.39 is 11.2 Å². The quantitative estimate of drug-likeness (QED) is 0.898. The van der Waals surface area contributed by atoms with E-state index in [4.69, 9.17) is 5.11 Å². The fourth-order valence-electron chi connectivity index (χ4n) is 1.55. The van der Waals surface area contributed by atoms with Crippen molar-refractivity contribution >= 4 is 11.7 Å². The predicted molar refractivity (Wildman–Crippen MR) is 67.6 cm³/mol. The van der Waals surface area contributed by atoms with E-state index in [1.165, 1.54) is 17.2 Å². The van der Waals surface area contributed by atoms with Crippen LogP contribution in [-0.2, 0) is 11.4 Å². The smallest absolute Gasteiger partial charge is 0.233 e. The molecule has 0 saturated heterocycles. The zero-order chi connectivity index (χ0) is 13.9. The average Bonchev–Trinajstić information content (AvgIpc) is 2.30. The number of hydrogen-bond acceptors (Lipinski definition) is 3. The molecule has 1 rings (SSSR count). The number of carbonyl (C=O) groups is 1. The Balaban J connectivity index is 3.14. The molecule has 1 amide bonds. The molecular formula is C13H19FN2O2. The maximum atomic E-state index is 13.9. The standard InChI is InChI=1S/C13H19FN2O2/c1-5-16(12(18)13(2,3)4)11-10(14)6-9(8-17)7-15-11/h6-7,17H,5,8H2,1-4H3. The zero-order valence-corrected chi connectivity index (χ0v) is 11.2. The second-order valence-electron chi connectivity index (χ2n) is 5.11. The summed E-state index contributed by atoms with van der Waals surface area (Å²) in [4.78, 5) is 17.4. The lowest BCUT2D eigenvalue weighted by molar-refractivity contribution is -0.125. The van der Waals surface area contributed by atoms with Crippen LogP contribution in [0.5, 0.6) is 0 Å². The molecule has 100 valence electrons. The third-order valence-corrected chi connectivity index (χ3v) is 2.52. The summed E-state index contributed by atoms with van der Waals surface area (Å²) in [5.41, 5.74) is -0.213. The Morgan fingerprint density at radius 2 is 2.11 bits per heavy atom. The molecule has 1 N–H and O–H groups in total. The molecule has 5 heteroatoms. The topological polar surface area (TPSA) is 53.4 Å². The van der Waals surface area contributed by atoms with Crippen LogP contribution in [0.25, 0.3) is 0 Å². The van der Waals surface area contributed by atoms with Gasteiger partial charge in [-0.15, -0.1) is 0 Å². The second-order valence-corrected chi connectivity index (χ2v) is 5.11. The number of aromatic nitrogens is 1. The van der Waals surface area contributed by atoms with Crippen molar-refractivity contribution in [2.75, 3.05) is 11.4 Å². The fraction of sp³-hybridized carbons (Fsp3) is 0.538. The van der Waals surface area contributed by atoms with Gasteiger partial charge < -0.3 is 5.11 Å². The number of carbonyl (C=O) groups excluding carboxylic acids is 1. The van der Waals surface area contributed by atoms with Crippen molar-refractivity contribution in [3.63, 3.8) is 0 Å². The second kappa shape index (κ2) is 5.44. The van der Waals surface area contributed by atoms with Crippen molar-refractivity contribution in [2.24, 2.45) is 5.41 Å². The van der Waals surface area contributed by atoms with Crippen molar-refractivity contribution in [1.82, 2.24) is 4.98 Å². The van der Waals surface area contributed by atoms with Crippen LogP contribution in [0.2, 0.25) is 0 Å².